The second kappa shape index (κ2) is 9.87. The minimum Gasteiger partial charge on any atom is -0.508 e. The fraction of sp³-hybridized carbons (Fsp3) is 0.133. The Morgan fingerprint density at radius 3 is 1.57 bits per heavy atom. The standard InChI is InChI=1S/C30H22O12/c31-14-8-18(34)23-21(10-14)41-29(27(38)25(23)36)12-1-4-16(5-2-12)40-20-7-13(3-6-17(20)33)30-28(39)26(37)24-19(35)9-15(32)11-22(24)42-30/h1-11,27-35,38-39H/t27-,28-,29-,30+/m1/s1. The van der Waals surface area contributed by atoms with E-state index in [2.05, 4.69) is 0 Å². The van der Waals surface area contributed by atoms with Crippen LogP contribution in [0.2, 0.25) is 0 Å². The van der Waals surface area contributed by atoms with Crippen LogP contribution < -0.4 is 14.2 Å². The van der Waals surface area contributed by atoms with Crippen molar-refractivity contribution >= 4 is 11.6 Å². The van der Waals surface area contributed by atoms with E-state index in [9.17, 15) is 45.3 Å². The molecule has 0 aliphatic carbocycles. The third kappa shape index (κ3) is 4.44. The van der Waals surface area contributed by atoms with E-state index in [1.54, 1.807) is 0 Å². The van der Waals surface area contributed by atoms with Crippen molar-refractivity contribution in [3.8, 4) is 51.7 Å². The molecule has 0 unspecified atom stereocenters. The molecule has 0 spiro atoms. The quantitative estimate of drug-likeness (QED) is 0.187. The normalized spacial score (nSPS) is 21.1. The van der Waals surface area contributed by atoms with Gasteiger partial charge in [-0.2, -0.15) is 0 Å². The second-order valence-electron chi connectivity index (χ2n) is 9.77. The predicted octanol–water partition coefficient (Wildman–Crippen LogP) is 3.36. The summed E-state index contributed by atoms with van der Waals surface area (Å²) in [7, 11) is 0. The predicted molar refractivity (Wildman–Crippen MR) is 142 cm³/mol. The minimum atomic E-state index is -1.71. The van der Waals surface area contributed by atoms with Crippen molar-refractivity contribution in [3.63, 3.8) is 0 Å². The molecule has 0 saturated carbocycles. The molecule has 12 nitrogen and oxygen atoms in total. The number of benzene rings is 4. The monoisotopic (exact) mass is 574 g/mol. The van der Waals surface area contributed by atoms with Crippen molar-refractivity contribution in [2.45, 2.75) is 24.4 Å². The van der Waals surface area contributed by atoms with Gasteiger partial charge in [0.15, 0.2) is 35.9 Å². The molecule has 6 rings (SSSR count). The third-order valence-electron chi connectivity index (χ3n) is 6.99. The van der Waals surface area contributed by atoms with E-state index in [0.717, 1.165) is 24.3 Å². The number of ether oxygens (including phenoxy) is 3. The highest BCUT2D eigenvalue weighted by atomic mass is 16.5. The van der Waals surface area contributed by atoms with Gasteiger partial charge in [-0.15, -0.1) is 0 Å². The lowest BCUT2D eigenvalue weighted by molar-refractivity contribution is 0.0207. The summed E-state index contributed by atoms with van der Waals surface area (Å²) in [5.41, 5.74) is 0.115. The topological polar surface area (TPSA) is 203 Å². The first kappa shape index (κ1) is 26.7. The van der Waals surface area contributed by atoms with Crippen LogP contribution in [0.5, 0.6) is 51.7 Å². The molecule has 7 N–H and O–H groups in total. The maximum atomic E-state index is 12.8. The fourth-order valence-corrected chi connectivity index (χ4v) is 4.97. The first-order chi connectivity index (χ1) is 20.0. The van der Waals surface area contributed by atoms with Crippen LogP contribution in [0.3, 0.4) is 0 Å². The van der Waals surface area contributed by atoms with Gasteiger partial charge in [0.05, 0.1) is 0 Å². The summed E-state index contributed by atoms with van der Waals surface area (Å²) in [6.07, 6.45) is -5.75. The van der Waals surface area contributed by atoms with Crippen LogP contribution in [-0.2, 0) is 0 Å². The maximum absolute atomic E-state index is 12.8. The number of Topliss-reactive ketones (excluding diaryl/α,β-unsaturated/α-hetero) is 2. The fourth-order valence-electron chi connectivity index (χ4n) is 4.97. The van der Waals surface area contributed by atoms with E-state index in [4.69, 9.17) is 14.2 Å². The zero-order valence-electron chi connectivity index (χ0n) is 21.3. The molecule has 0 fully saturated rings. The van der Waals surface area contributed by atoms with Crippen LogP contribution in [-0.4, -0.2) is 59.5 Å². The minimum absolute atomic E-state index is 0.0583. The molecule has 0 aromatic heterocycles. The summed E-state index contributed by atoms with van der Waals surface area (Å²) in [4.78, 5) is 25.4. The highest BCUT2D eigenvalue weighted by molar-refractivity contribution is 6.06. The van der Waals surface area contributed by atoms with Crippen LogP contribution in [0.4, 0.5) is 0 Å². The highest BCUT2D eigenvalue weighted by Crippen LogP contribution is 2.44. The lowest BCUT2D eigenvalue weighted by Gasteiger charge is -2.30. The molecule has 0 amide bonds. The summed E-state index contributed by atoms with van der Waals surface area (Å²) in [6.45, 7) is 0. The number of carbonyl (C=O) groups is 2. The number of carbonyl (C=O) groups excluding carboxylic acids is 2. The second-order valence-corrected chi connectivity index (χ2v) is 9.77. The van der Waals surface area contributed by atoms with Crippen molar-refractivity contribution < 1.29 is 59.5 Å². The van der Waals surface area contributed by atoms with Crippen molar-refractivity contribution in [1.29, 1.82) is 0 Å². The van der Waals surface area contributed by atoms with E-state index < -0.39 is 47.5 Å². The average molecular weight is 574 g/mol. The van der Waals surface area contributed by atoms with Crippen molar-refractivity contribution in [1.82, 2.24) is 0 Å². The average Bonchev–Trinajstić information content (AvgIpc) is 2.93. The summed E-state index contributed by atoms with van der Waals surface area (Å²) in [5.74, 6) is -3.65. The number of phenolic OH excluding ortho intramolecular Hbond substituents is 5. The molecule has 2 aliphatic rings. The first-order valence-corrected chi connectivity index (χ1v) is 12.5. The van der Waals surface area contributed by atoms with E-state index in [0.29, 0.717) is 5.56 Å². The third-order valence-corrected chi connectivity index (χ3v) is 6.99. The van der Waals surface area contributed by atoms with Crippen LogP contribution in [0.1, 0.15) is 44.1 Å². The summed E-state index contributed by atoms with van der Waals surface area (Å²) in [5, 5.41) is 71.2. The number of rotatable bonds is 4. The largest absolute Gasteiger partial charge is 0.508 e. The van der Waals surface area contributed by atoms with Gasteiger partial charge in [-0.1, -0.05) is 18.2 Å². The number of aromatic hydroxyl groups is 5. The molecule has 4 aromatic carbocycles. The van der Waals surface area contributed by atoms with E-state index in [-0.39, 0.29) is 56.9 Å². The molecule has 4 atom stereocenters. The zero-order chi connectivity index (χ0) is 29.9. The Morgan fingerprint density at radius 2 is 1.05 bits per heavy atom. The van der Waals surface area contributed by atoms with E-state index in [1.807, 2.05) is 0 Å². The van der Waals surface area contributed by atoms with Gasteiger partial charge < -0.3 is 50.0 Å². The Balaban J connectivity index is 1.24. The van der Waals surface area contributed by atoms with Gasteiger partial charge in [0.1, 0.15) is 51.4 Å². The molecule has 42 heavy (non-hydrogen) atoms. The van der Waals surface area contributed by atoms with Crippen molar-refractivity contribution in [3.05, 3.63) is 89.0 Å². The molecule has 0 radical (unpaired) electrons. The van der Waals surface area contributed by atoms with Gasteiger partial charge in [0, 0.05) is 24.3 Å². The molecule has 0 saturated heterocycles. The van der Waals surface area contributed by atoms with Gasteiger partial charge in [0.25, 0.3) is 0 Å². The lowest BCUT2D eigenvalue weighted by Crippen LogP contribution is -2.36. The molecule has 12 heteroatoms. The summed E-state index contributed by atoms with van der Waals surface area (Å²) in [6, 6.07) is 14.2. The molecule has 4 aromatic rings. The lowest BCUT2D eigenvalue weighted by atomic mass is 9.92. The van der Waals surface area contributed by atoms with Gasteiger partial charge in [-0.25, -0.2) is 0 Å². The number of phenols is 5. The number of hydrogen-bond acceptors (Lipinski definition) is 12. The van der Waals surface area contributed by atoms with E-state index >= 15 is 0 Å². The van der Waals surface area contributed by atoms with Crippen LogP contribution in [0, 0.1) is 0 Å². The number of aliphatic hydroxyl groups is 2. The van der Waals surface area contributed by atoms with Crippen LogP contribution in [0.25, 0.3) is 0 Å². The first-order valence-electron chi connectivity index (χ1n) is 12.5. The van der Waals surface area contributed by atoms with Gasteiger partial charge in [0.2, 0.25) is 11.6 Å². The summed E-state index contributed by atoms with van der Waals surface area (Å²) < 4.78 is 17.2. The number of fused-ring (bicyclic) bond motifs is 2. The molecule has 214 valence electrons. The highest BCUT2D eigenvalue weighted by Gasteiger charge is 2.40. The molecule has 2 aliphatic heterocycles. The number of aliphatic hydroxyl groups excluding tert-OH is 2. The Bertz CT molecular complexity index is 1750. The Morgan fingerprint density at radius 1 is 0.571 bits per heavy atom. The smallest absolute Gasteiger partial charge is 0.202 e. The van der Waals surface area contributed by atoms with Crippen molar-refractivity contribution in [2.24, 2.45) is 0 Å². The van der Waals surface area contributed by atoms with Gasteiger partial charge >= 0.3 is 0 Å². The Labute approximate surface area is 236 Å². The van der Waals surface area contributed by atoms with Gasteiger partial charge in [-0.05, 0) is 35.4 Å². The SMILES string of the molecule is O=C1c2c(O)cc(O)cc2O[C@H](c2ccc(Oc3cc([C@@H]4Oc5cc(O)cc(O)c5C(=O)[C@H]4O)ccc3O)cc2)[C@@H]1O. The molecule has 2 heterocycles. The van der Waals surface area contributed by atoms with E-state index in [1.165, 1.54) is 42.5 Å². The number of ketones is 2. The zero-order valence-corrected chi connectivity index (χ0v) is 21.3. The van der Waals surface area contributed by atoms with Crippen molar-refractivity contribution in [2.75, 3.05) is 0 Å². The van der Waals surface area contributed by atoms with Gasteiger partial charge in [-0.3, -0.25) is 9.59 Å². The molecular formula is C30H22O12. The maximum Gasteiger partial charge on any atom is 0.202 e. The summed E-state index contributed by atoms with van der Waals surface area (Å²) >= 11 is 0. The Hall–Kier alpha value is -5.46. The van der Waals surface area contributed by atoms with Crippen LogP contribution >= 0.6 is 0 Å². The Kier molecular flexibility index (Phi) is 6.29. The number of hydrogen-bond donors (Lipinski definition) is 7. The molecular weight excluding hydrogens is 552 g/mol. The molecule has 0 bridgehead atoms. The van der Waals surface area contributed by atoms with Crippen LogP contribution in [0.15, 0.2) is 66.7 Å².